The average molecular weight is 415 g/mol. The van der Waals surface area contributed by atoms with Crippen molar-refractivity contribution in [3.8, 4) is 0 Å². The molecular formula is C20H21ClF2O3S. The van der Waals surface area contributed by atoms with Crippen LogP contribution in [0.1, 0.15) is 38.2 Å². The fourth-order valence-corrected chi connectivity index (χ4v) is 6.22. The number of benzene rings is 2. The Morgan fingerprint density at radius 3 is 2.56 bits per heavy atom. The molecule has 2 aromatic carbocycles. The van der Waals surface area contributed by atoms with Crippen molar-refractivity contribution < 1.29 is 21.9 Å². The highest BCUT2D eigenvalue weighted by Crippen LogP contribution is 2.48. The van der Waals surface area contributed by atoms with Gasteiger partial charge in [0.2, 0.25) is 0 Å². The zero-order chi connectivity index (χ0) is 19.7. The summed E-state index contributed by atoms with van der Waals surface area (Å²) in [4.78, 5) is 0.0349. The van der Waals surface area contributed by atoms with Crippen LogP contribution in [0.3, 0.4) is 0 Å². The number of ether oxygens (including phenoxy) is 1. The van der Waals surface area contributed by atoms with Crippen LogP contribution in [0, 0.1) is 11.6 Å². The highest BCUT2D eigenvalue weighted by Gasteiger charge is 2.51. The zero-order valence-electron chi connectivity index (χ0n) is 14.9. The molecule has 0 aliphatic heterocycles. The molecule has 0 aromatic heterocycles. The van der Waals surface area contributed by atoms with Crippen LogP contribution in [0.15, 0.2) is 47.4 Å². The highest BCUT2D eigenvalue weighted by molar-refractivity contribution is 7.92. The molecule has 7 heteroatoms. The van der Waals surface area contributed by atoms with E-state index in [0.717, 1.165) is 18.2 Å². The normalized spacial score (nSPS) is 23.3. The summed E-state index contributed by atoms with van der Waals surface area (Å²) in [5.74, 6) is -1.40. The molecule has 0 amide bonds. The lowest BCUT2D eigenvalue weighted by Gasteiger charge is -2.40. The van der Waals surface area contributed by atoms with Gasteiger partial charge in [-0.25, -0.2) is 17.2 Å². The maximum absolute atomic E-state index is 14.7. The summed E-state index contributed by atoms with van der Waals surface area (Å²) in [7, 11) is -4.03. The first-order valence-corrected chi connectivity index (χ1v) is 10.7. The van der Waals surface area contributed by atoms with E-state index in [9.17, 15) is 17.2 Å². The predicted molar refractivity (Wildman–Crippen MR) is 101 cm³/mol. The standard InChI is InChI=1S/C20H21ClF2O3S/c1-2-26-16-4-3-11-20(13-16,18-12-15(22)7-10-19(18)23)27(24,25)17-8-5-14(21)6-9-17/h5-10,12,16H,2-4,11,13H2,1H3/t16-,20+/m1/s1. The van der Waals surface area contributed by atoms with E-state index < -0.39 is 26.2 Å². The van der Waals surface area contributed by atoms with Crippen LogP contribution in [0.2, 0.25) is 5.02 Å². The second-order valence-corrected chi connectivity index (χ2v) is 9.45. The molecule has 27 heavy (non-hydrogen) atoms. The average Bonchev–Trinajstić information content (AvgIpc) is 2.64. The second kappa shape index (κ2) is 7.86. The SMILES string of the molecule is CCO[C@@H]1CCC[C@](c2cc(F)ccc2F)(S(=O)(=O)c2ccc(Cl)cc2)C1. The minimum Gasteiger partial charge on any atom is -0.378 e. The maximum atomic E-state index is 14.7. The summed E-state index contributed by atoms with van der Waals surface area (Å²) in [6.45, 7) is 2.25. The molecule has 1 saturated carbocycles. The molecular weight excluding hydrogens is 394 g/mol. The molecule has 1 fully saturated rings. The van der Waals surface area contributed by atoms with Crippen molar-refractivity contribution in [2.75, 3.05) is 6.61 Å². The van der Waals surface area contributed by atoms with Gasteiger partial charge >= 0.3 is 0 Å². The molecule has 3 rings (SSSR count). The van der Waals surface area contributed by atoms with Crippen molar-refractivity contribution in [2.24, 2.45) is 0 Å². The Kier molecular flexibility index (Phi) is 5.89. The summed E-state index contributed by atoms with van der Waals surface area (Å²) in [5.41, 5.74) is -0.137. The quantitative estimate of drug-likeness (QED) is 0.669. The number of rotatable bonds is 5. The Morgan fingerprint density at radius 1 is 1.19 bits per heavy atom. The Morgan fingerprint density at radius 2 is 1.89 bits per heavy atom. The number of hydrogen-bond acceptors (Lipinski definition) is 3. The van der Waals surface area contributed by atoms with Gasteiger partial charge in [0.15, 0.2) is 9.84 Å². The van der Waals surface area contributed by atoms with Gasteiger partial charge in [0.1, 0.15) is 16.4 Å². The molecule has 146 valence electrons. The smallest absolute Gasteiger partial charge is 0.188 e. The van der Waals surface area contributed by atoms with Crippen LogP contribution in [-0.2, 0) is 19.3 Å². The molecule has 0 radical (unpaired) electrons. The van der Waals surface area contributed by atoms with Gasteiger partial charge in [0, 0.05) is 17.2 Å². The second-order valence-electron chi connectivity index (χ2n) is 6.75. The van der Waals surface area contributed by atoms with E-state index in [-0.39, 0.29) is 29.4 Å². The van der Waals surface area contributed by atoms with Crippen LogP contribution in [0.25, 0.3) is 0 Å². The first-order valence-electron chi connectivity index (χ1n) is 8.87. The Hall–Kier alpha value is -1.50. The first-order chi connectivity index (χ1) is 12.8. The lowest BCUT2D eigenvalue weighted by atomic mass is 9.81. The van der Waals surface area contributed by atoms with Crippen LogP contribution >= 0.6 is 11.6 Å². The predicted octanol–water partition coefficient (Wildman–Crippen LogP) is 5.27. The van der Waals surface area contributed by atoms with Gasteiger partial charge in [-0.2, -0.15) is 0 Å². The van der Waals surface area contributed by atoms with Crippen molar-refractivity contribution in [3.63, 3.8) is 0 Å². The van der Waals surface area contributed by atoms with Crippen molar-refractivity contribution in [3.05, 3.63) is 64.7 Å². The van der Waals surface area contributed by atoms with Gasteiger partial charge in [-0.1, -0.05) is 11.6 Å². The molecule has 1 aliphatic rings. The highest BCUT2D eigenvalue weighted by atomic mass is 35.5. The van der Waals surface area contributed by atoms with E-state index in [2.05, 4.69) is 0 Å². The third kappa shape index (κ3) is 3.75. The monoisotopic (exact) mass is 414 g/mol. The lowest BCUT2D eigenvalue weighted by Crippen LogP contribution is -2.43. The summed E-state index contributed by atoms with van der Waals surface area (Å²) in [6.07, 6.45) is 1.15. The fraction of sp³-hybridized carbons (Fsp3) is 0.400. The molecule has 3 nitrogen and oxygen atoms in total. The fourth-order valence-electron chi connectivity index (χ4n) is 3.88. The summed E-state index contributed by atoms with van der Waals surface area (Å²) >= 11 is 5.89. The number of halogens is 3. The van der Waals surface area contributed by atoms with Crippen molar-refractivity contribution in [1.82, 2.24) is 0 Å². The summed E-state index contributed by atoms with van der Waals surface area (Å²) in [5, 5.41) is 0.399. The summed E-state index contributed by atoms with van der Waals surface area (Å²) < 4.78 is 60.1. The molecule has 0 saturated heterocycles. The molecule has 2 aromatic rings. The maximum Gasteiger partial charge on any atom is 0.188 e. The van der Waals surface area contributed by atoms with Gasteiger partial charge in [-0.15, -0.1) is 0 Å². The molecule has 0 heterocycles. The Balaban J connectivity index is 2.21. The molecule has 0 spiro atoms. The molecule has 0 unspecified atom stereocenters. The van der Waals surface area contributed by atoms with Crippen LogP contribution in [0.5, 0.6) is 0 Å². The molecule has 0 N–H and O–H groups in total. The number of hydrogen-bond donors (Lipinski definition) is 0. The minimum absolute atomic E-state index is 0.0349. The Labute approximate surface area is 163 Å². The van der Waals surface area contributed by atoms with Gasteiger partial charge < -0.3 is 4.74 Å². The van der Waals surface area contributed by atoms with E-state index in [1.54, 1.807) is 0 Å². The zero-order valence-corrected chi connectivity index (χ0v) is 16.5. The minimum atomic E-state index is -4.03. The van der Waals surface area contributed by atoms with E-state index in [1.807, 2.05) is 6.92 Å². The van der Waals surface area contributed by atoms with Gasteiger partial charge in [-0.05, 0) is 75.1 Å². The van der Waals surface area contributed by atoms with E-state index in [0.29, 0.717) is 24.5 Å². The van der Waals surface area contributed by atoms with Crippen molar-refractivity contribution in [2.45, 2.75) is 48.4 Å². The van der Waals surface area contributed by atoms with E-state index >= 15 is 0 Å². The third-order valence-electron chi connectivity index (χ3n) is 5.12. The summed E-state index contributed by atoms with van der Waals surface area (Å²) in [6, 6.07) is 8.73. The van der Waals surface area contributed by atoms with Crippen molar-refractivity contribution >= 4 is 21.4 Å². The van der Waals surface area contributed by atoms with Crippen LogP contribution in [-0.4, -0.2) is 21.1 Å². The Bertz CT molecular complexity index is 913. The first kappa shape index (κ1) is 20.2. The molecule has 2 atom stereocenters. The van der Waals surface area contributed by atoms with E-state index in [4.69, 9.17) is 16.3 Å². The lowest BCUT2D eigenvalue weighted by molar-refractivity contribution is 0.0242. The van der Waals surface area contributed by atoms with Crippen molar-refractivity contribution in [1.29, 1.82) is 0 Å². The number of sulfone groups is 1. The van der Waals surface area contributed by atoms with Gasteiger partial charge in [0.25, 0.3) is 0 Å². The topological polar surface area (TPSA) is 43.4 Å². The van der Waals surface area contributed by atoms with Gasteiger partial charge in [0.05, 0.1) is 11.0 Å². The largest absolute Gasteiger partial charge is 0.378 e. The molecule has 0 bridgehead atoms. The molecule has 1 aliphatic carbocycles. The van der Waals surface area contributed by atoms with Gasteiger partial charge in [-0.3, -0.25) is 0 Å². The van der Waals surface area contributed by atoms with Crippen LogP contribution in [0.4, 0.5) is 8.78 Å². The third-order valence-corrected chi connectivity index (χ3v) is 7.89. The van der Waals surface area contributed by atoms with E-state index in [1.165, 1.54) is 24.3 Å². The van der Waals surface area contributed by atoms with Crippen LogP contribution < -0.4 is 0 Å².